The van der Waals surface area contributed by atoms with Gasteiger partial charge in [-0.15, -0.1) is 0 Å². The van der Waals surface area contributed by atoms with Crippen molar-refractivity contribution in [2.45, 2.75) is 24.9 Å². The van der Waals surface area contributed by atoms with Crippen LogP contribution in [0.4, 0.5) is 0 Å². The van der Waals surface area contributed by atoms with Crippen molar-refractivity contribution in [3.8, 4) is 0 Å². The number of aromatic nitrogens is 4. The maximum absolute atomic E-state index is 11.7. The van der Waals surface area contributed by atoms with Crippen molar-refractivity contribution in [2.24, 2.45) is 0 Å². The topological polar surface area (TPSA) is 113 Å². The molecule has 2 aromatic rings. The van der Waals surface area contributed by atoms with Crippen LogP contribution in [0, 0.1) is 3.83 Å². The van der Waals surface area contributed by atoms with Crippen LogP contribution in [0.2, 0.25) is 0 Å². The van der Waals surface area contributed by atoms with E-state index in [1.807, 2.05) is 22.6 Å². The fourth-order valence-electron chi connectivity index (χ4n) is 2.16. The van der Waals surface area contributed by atoms with Crippen LogP contribution < -0.4 is 5.56 Å². The summed E-state index contributed by atoms with van der Waals surface area (Å²) in [6.45, 7) is -0.254. The van der Waals surface area contributed by atoms with Gasteiger partial charge in [0, 0.05) is 6.42 Å². The van der Waals surface area contributed by atoms with Crippen molar-refractivity contribution in [1.29, 1.82) is 0 Å². The van der Waals surface area contributed by atoms with Gasteiger partial charge in [-0.2, -0.15) is 0 Å². The minimum Gasteiger partial charge on any atom is -0.394 e. The van der Waals surface area contributed by atoms with Gasteiger partial charge in [-0.3, -0.25) is 14.3 Å². The number of imidazole rings is 1. The summed E-state index contributed by atoms with van der Waals surface area (Å²) in [5.74, 6) is 0. The third-order valence-electron chi connectivity index (χ3n) is 3.10. The maximum Gasteiger partial charge on any atom is 0.279 e. The van der Waals surface area contributed by atoms with E-state index < -0.39 is 18.4 Å². The van der Waals surface area contributed by atoms with Gasteiger partial charge in [0.05, 0.1) is 19.0 Å². The molecule has 102 valence electrons. The van der Waals surface area contributed by atoms with Gasteiger partial charge in [-0.25, -0.2) is 9.97 Å². The fraction of sp³-hybridized carbons (Fsp3) is 0.500. The summed E-state index contributed by atoms with van der Waals surface area (Å²) in [6.07, 6.45) is -0.0682. The number of hydrogen-bond acceptors (Lipinski definition) is 6. The molecule has 1 aliphatic heterocycles. The number of fused-ring (bicyclic) bond motifs is 1. The molecular weight excluding hydrogens is 367 g/mol. The molecule has 3 atom stereocenters. The highest BCUT2D eigenvalue weighted by atomic mass is 127. The molecular formula is C10H11IN4O4. The molecule has 1 aliphatic rings. The number of aliphatic hydroxyl groups excluding tert-OH is 2. The molecule has 1 saturated heterocycles. The van der Waals surface area contributed by atoms with Gasteiger partial charge in [0.1, 0.15) is 12.3 Å². The van der Waals surface area contributed by atoms with Gasteiger partial charge in [-0.1, -0.05) is 0 Å². The maximum atomic E-state index is 11.7. The van der Waals surface area contributed by atoms with Gasteiger partial charge < -0.3 is 14.9 Å². The average Bonchev–Trinajstić information content (AvgIpc) is 2.92. The van der Waals surface area contributed by atoms with Crippen LogP contribution in [0.15, 0.2) is 11.1 Å². The van der Waals surface area contributed by atoms with Crippen molar-refractivity contribution >= 4 is 33.8 Å². The molecule has 0 saturated carbocycles. The molecule has 9 heteroatoms. The molecule has 0 aliphatic carbocycles. The quantitative estimate of drug-likeness (QED) is 0.474. The Hall–Kier alpha value is -1.04. The number of halogens is 1. The van der Waals surface area contributed by atoms with Crippen LogP contribution >= 0.6 is 22.6 Å². The van der Waals surface area contributed by atoms with E-state index in [0.29, 0.717) is 15.9 Å². The largest absolute Gasteiger partial charge is 0.394 e. The molecule has 3 heterocycles. The molecule has 1 fully saturated rings. The minimum atomic E-state index is -0.742. The van der Waals surface area contributed by atoms with Crippen molar-refractivity contribution in [3.63, 3.8) is 0 Å². The summed E-state index contributed by atoms with van der Waals surface area (Å²) in [7, 11) is 0. The summed E-state index contributed by atoms with van der Waals surface area (Å²) in [5, 5.41) is 18.8. The van der Waals surface area contributed by atoms with Gasteiger partial charge in [0.15, 0.2) is 15.0 Å². The highest BCUT2D eigenvalue weighted by Gasteiger charge is 2.35. The smallest absolute Gasteiger partial charge is 0.279 e. The first kappa shape index (κ1) is 13.0. The summed E-state index contributed by atoms with van der Waals surface area (Å²) < 4.78 is 7.58. The average molecular weight is 378 g/mol. The molecule has 0 radical (unpaired) electrons. The second kappa shape index (κ2) is 4.81. The van der Waals surface area contributed by atoms with E-state index in [-0.39, 0.29) is 17.7 Å². The van der Waals surface area contributed by atoms with Gasteiger partial charge in [0.2, 0.25) is 0 Å². The van der Waals surface area contributed by atoms with Crippen molar-refractivity contribution in [3.05, 3.63) is 20.5 Å². The first-order valence-electron chi connectivity index (χ1n) is 5.67. The monoisotopic (exact) mass is 378 g/mol. The SMILES string of the molecule is O=c1[nH]c(I)nc2c1ncn2[C@H]1C[C@H](O)[C@@H](CO)O1. The molecule has 0 aromatic carbocycles. The summed E-state index contributed by atoms with van der Waals surface area (Å²) in [5.41, 5.74) is 0.320. The third-order valence-corrected chi connectivity index (χ3v) is 3.61. The van der Waals surface area contributed by atoms with Crippen LogP contribution in [0.5, 0.6) is 0 Å². The predicted octanol–water partition coefficient (Wildman–Crippen LogP) is -0.635. The Morgan fingerprint density at radius 3 is 3.11 bits per heavy atom. The van der Waals surface area contributed by atoms with Crippen LogP contribution in [0.1, 0.15) is 12.6 Å². The number of ether oxygens (including phenoxy) is 1. The first-order valence-corrected chi connectivity index (χ1v) is 6.74. The van der Waals surface area contributed by atoms with Crippen molar-refractivity contribution in [2.75, 3.05) is 6.61 Å². The Labute approximate surface area is 120 Å². The van der Waals surface area contributed by atoms with Crippen LogP contribution in [-0.2, 0) is 4.74 Å². The molecule has 0 bridgehead atoms. The standard InChI is InChI=1S/C10H11IN4O4/c11-10-13-8-7(9(18)14-10)12-3-15(8)6-1-4(17)5(2-16)19-6/h3-6,16-17H,1-2H2,(H,13,14,18)/t4-,5+,6+/m0/s1. The van der Waals surface area contributed by atoms with Gasteiger partial charge in [-0.05, 0) is 22.6 Å². The highest BCUT2D eigenvalue weighted by molar-refractivity contribution is 14.1. The highest BCUT2D eigenvalue weighted by Crippen LogP contribution is 2.30. The van der Waals surface area contributed by atoms with E-state index in [9.17, 15) is 9.90 Å². The Balaban J connectivity index is 2.05. The van der Waals surface area contributed by atoms with E-state index in [1.165, 1.54) is 6.33 Å². The molecule has 0 spiro atoms. The predicted molar refractivity (Wildman–Crippen MR) is 72.5 cm³/mol. The van der Waals surface area contributed by atoms with Crippen molar-refractivity contribution < 1.29 is 14.9 Å². The number of rotatable bonds is 2. The molecule has 3 rings (SSSR count). The van der Waals surface area contributed by atoms with E-state index >= 15 is 0 Å². The van der Waals surface area contributed by atoms with Crippen LogP contribution in [0.3, 0.4) is 0 Å². The number of aromatic amines is 1. The van der Waals surface area contributed by atoms with Crippen molar-refractivity contribution in [1.82, 2.24) is 19.5 Å². The van der Waals surface area contributed by atoms with Gasteiger partial charge >= 0.3 is 0 Å². The molecule has 0 amide bonds. The first-order chi connectivity index (χ1) is 9.10. The zero-order chi connectivity index (χ0) is 13.6. The Kier molecular flexibility index (Phi) is 3.28. The zero-order valence-corrected chi connectivity index (χ0v) is 11.8. The lowest BCUT2D eigenvalue weighted by Crippen LogP contribution is -2.24. The minimum absolute atomic E-state index is 0.228. The van der Waals surface area contributed by atoms with E-state index in [1.54, 1.807) is 4.57 Å². The van der Waals surface area contributed by atoms with Crippen LogP contribution in [-0.4, -0.2) is 48.5 Å². The second-order valence-electron chi connectivity index (χ2n) is 4.30. The second-order valence-corrected chi connectivity index (χ2v) is 5.32. The Bertz CT molecular complexity index is 669. The number of hydrogen-bond donors (Lipinski definition) is 3. The Morgan fingerprint density at radius 1 is 1.63 bits per heavy atom. The van der Waals surface area contributed by atoms with Gasteiger partial charge in [0.25, 0.3) is 5.56 Å². The molecule has 19 heavy (non-hydrogen) atoms. The lowest BCUT2D eigenvalue weighted by molar-refractivity contribution is -0.0432. The summed E-state index contributed by atoms with van der Waals surface area (Å²) in [4.78, 5) is 22.5. The molecule has 8 nitrogen and oxygen atoms in total. The lowest BCUT2D eigenvalue weighted by atomic mass is 10.2. The Morgan fingerprint density at radius 2 is 2.42 bits per heavy atom. The number of nitrogens with zero attached hydrogens (tertiary/aromatic N) is 3. The number of H-pyrrole nitrogens is 1. The summed E-state index contributed by atoms with van der Waals surface area (Å²) >= 11 is 1.91. The molecule has 3 N–H and O–H groups in total. The van der Waals surface area contributed by atoms with E-state index in [2.05, 4.69) is 15.0 Å². The van der Waals surface area contributed by atoms with Crippen LogP contribution in [0.25, 0.3) is 11.2 Å². The van der Waals surface area contributed by atoms with E-state index in [4.69, 9.17) is 9.84 Å². The molecule has 2 aromatic heterocycles. The molecule has 0 unspecified atom stereocenters. The summed E-state index contributed by atoms with van der Waals surface area (Å²) in [6, 6.07) is 0. The zero-order valence-electron chi connectivity index (χ0n) is 9.65. The number of nitrogens with one attached hydrogen (secondary N) is 1. The fourth-order valence-corrected chi connectivity index (χ4v) is 2.63. The van der Waals surface area contributed by atoms with E-state index in [0.717, 1.165) is 0 Å². The third kappa shape index (κ3) is 2.16. The normalized spacial score (nSPS) is 27.2. The number of aliphatic hydroxyl groups is 2. The lowest BCUT2D eigenvalue weighted by Gasteiger charge is -2.13.